The van der Waals surface area contributed by atoms with E-state index in [2.05, 4.69) is 34.5 Å². The summed E-state index contributed by atoms with van der Waals surface area (Å²) in [4.78, 5) is 31.5. The number of aromatic amines is 1. The van der Waals surface area contributed by atoms with Crippen molar-refractivity contribution in [2.45, 2.75) is 44.6 Å². The summed E-state index contributed by atoms with van der Waals surface area (Å²) in [5.74, 6) is -0.845. The fraction of sp³-hybridized carbons (Fsp3) is 0.400. The van der Waals surface area contributed by atoms with Crippen LogP contribution >= 0.6 is 0 Å². The van der Waals surface area contributed by atoms with E-state index < -0.39 is 11.6 Å². The first-order valence-electron chi connectivity index (χ1n) is 15.6. The normalized spacial score (nSPS) is 16.4. The molecule has 8 nitrogen and oxygen atoms in total. The number of H-pyrrole nitrogens is 1. The molecule has 4 aromatic rings. The summed E-state index contributed by atoms with van der Waals surface area (Å²) in [6.07, 6.45) is 4.67. The van der Waals surface area contributed by atoms with Crippen LogP contribution < -0.4 is 5.32 Å². The number of nitrogens with one attached hydrogen (secondary N) is 2. The average Bonchev–Trinajstić information content (AvgIpc) is 3.42. The van der Waals surface area contributed by atoms with Crippen LogP contribution in [0.4, 0.5) is 14.6 Å². The van der Waals surface area contributed by atoms with Crippen LogP contribution in [-0.4, -0.2) is 78.3 Å². The topological polar surface area (TPSA) is 90.6 Å². The molecule has 2 fully saturated rings. The van der Waals surface area contributed by atoms with Crippen LogP contribution in [0.25, 0.3) is 10.9 Å². The van der Waals surface area contributed by atoms with E-state index in [1.165, 1.54) is 12.1 Å². The standard InChI is InChI=1S/C35H39F2N5O3/c1-41(2)29-7-11-42(12-8-29)35(44)25-4-5-30(26(20-25)16-22-9-13-45-14-10-22)34(43)38-33-31-19-23(3-6-32(31)39-40-33)15-24-17-27(36)21-28(37)18-24/h3-6,17-22,29H,7-16H2,1-2H3,(H2,38,39,40,43). The van der Waals surface area contributed by atoms with E-state index in [4.69, 9.17) is 4.74 Å². The third-order valence-corrected chi connectivity index (χ3v) is 9.12. The van der Waals surface area contributed by atoms with Gasteiger partial charge >= 0.3 is 0 Å². The van der Waals surface area contributed by atoms with Gasteiger partial charge in [0.25, 0.3) is 11.8 Å². The Morgan fingerprint density at radius 2 is 1.69 bits per heavy atom. The number of hydrogen-bond donors (Lipinski definition) is 2. The molecular formula is C35H39F2N5O3. The van der Waals surface area contributed by atoms with E-state index in [9.17, 15) is 18.4 Å². The van der Waals surface area contributed by atoms with Crippen LogP contribution in [0.3, 0.4) is 0 Å². The maximum atomic E-state index is 13.8. The number of benzene rings is 3. The molecule has 0 aliphatic carbocycles. The number of fused-ring (bicyclic) bond motifs is 1. The van der Waals surface area contributed by atoms with Crippen LogP contribution in [0.5, 0.6) is 0 Å². The summed E-state index contributed by atoms with van der Waals surface area (Å²) in [5.41, 5.74) is 3.99. The second kappa shape index (κ2) is 13.5. The Balaban J connectivity index is 1.24. The Morgan fingerprint density at radius 1 is 0.956 bits per heavy atom. The van der Waals surface area contributed by atoms with E-state index in [1.807, 2.05) is 29.2 Å². The maximum absolute atomic E-state index is 13.8. The predicted octanol–water partition coefficient (Wildman–Crippen LogP) is 5.82. The lowest BCUT2D eigenvalue weighted by molar-refractivity contribution is 0.0654. The van der Waals surface area contributed by atoms with Crippen molar-refractivity contribution in [3.8, 4) is 0 Å². The first-order chi connectivity index (χ1) is 21.7. The molecule has 0 saturated carbocycles. The maximum Gasteiger partial charge on any atom is 0.257 e. The number of likely N-dealkylation sites (tertiary alicyclic amines) is 1. The number of amides is 2. The molecule has 1 aromatic heterocycles. The molecule has 45 heavy (non-hydrogen) atoms. The van der Waals surface area contributed by atoms with E-state index >= 15 is 0 Å². The molecule has 0 radical (unpaired) electrons. The lowest BCUT2D eigenvalue weighted by Gasteiger charge is -2.35. The van der Waals surface area contributed by atoms with Crippen molar-refractivity contribution in [1.29, 1.82) is 0 Å². The molecule has 0 bridgehead atoms. The third-order valence-electron chi connectivity index (χ3n) is 9.12. The second-order valence-corrected chi connectivity index (χ2v) is 12.5. The molecule has 0 atom stereocenters. The summed E-state index contributed by atoms with van der Waals surface area (Å²) in [6, 6.07) is 14.9. The Morgan fingerprint density at radius 3 is 2.40 bits per heavy atom. The molecule has 2 N–H and O–H groups in total. The first kappa shape index (κ1) is 30.9. The Kier molecular flexibility index (Phi) is 9.23. The van der Waals surface area contributed by atoms with Gasteiger partial charge in [0.2, 0.25) is 0 Å². The minimum atomic E-state index is -0.625. The number of nitrogens with zero attached hydrogens (tertiary/aromatic N) is 3. The Hall–Kier alpha value is -4.15. The third kappa shape index (κ3) is 7.23. The number of rotatable bonds is 8. The summed E-state index contributed by atoms with van der Waals surface area (Å²) < 4.78 is 33.1. The molecule has 10 heteroatoms. The van der Waals surface area contributed by atoms with Crippen molar-refractivity contribution in [2.75, 3.05) is 45.7 Å². The van der Waals surface area contributed by atoms with Crippen LogP contribution in [0.1, 0.15) is 63.1 Å². The van der Waals surface area contributed by atoms with Crippen molar-refractivity contribution in [3.05, 3.63) is 94.0 Å². The predicted molar refractivity (Wildman–Crippen MR) is 170 cm³/mol. The van der Waals surface area contributed by atoms with Crippen molar-refractivity contribution < 1.29 is 23.1 Å². The molecular weight excluding hydrogens is 576 g/mol. The van der Waals surface area contributed by atoms with Crippen LogP contribution in [0, 0.1) is 17.6 Å². The highest BCUT2D eigenvalue weighted by Crippen LogP contribution is 2.28. The number of piperidine rings is 1. The Bertz CT molecular complexity index is 1670. The molecule has 3 heterocycles. The molecule has 2 aliphatic heterocycles. The van der Waals surface area contributed by atoms with Gasteiger partial charge in [0.15, 0.2) is 5.82 Å². The number of carbonyl (C=O) groups excluding carboxylic acids is 2. The van der Waals surface area contributed by atoms with Crippen LogP contribution in [0.15, 0.2) is 54.6 Å². The summed E-state index contributed by atoms with van der Waals surface area (Å²) in [6.45, 7) is 2.80. The smallest absolute Gasteiger partial charge is 0.257 e. The van der Waals surface area contributed by atoms with Gasteiger partial charge < -0.3 is 19.9 Å². The lowest BCUT2D eigenvalue weighted by atomic mass is 9.89. The van der Waals surface area contributed by atoms with E-state index in [0.717, 1.165) is 48.4 Å². The highest BCUT2D eigenvalue weighted by molar-refractivity contribution is 6.09. The Labute approximate surface area is 261 Å². The minimum Gasteiger partial charge on any atom is -0.381 e. The minimum absolute atomic E-state index is 0.00334. The van der Waals surface area contributed by atoms with E-state index in [0.29, 0.717) is 79.0 Å². The van der Waals surface area contributed by atoms with Gasteiger partial charge in [0.1, 0.15) is 11.6 Å². The van der Waals surface area contributed by atoms with Gasteiger partial charge in [-0.3, -0.25) is 14.7 Å². The quantitative estimate of drug-likeness (QED) is 0.261. The average molecular weight is 616 g/mol. The highest BCUT2D eigenvalue weighted by Gasteiger charge is 2.26. The fourth-order valence-electron chi connectivity index (χ4n) is 6.54. The van der Waals surface area contributed by atoms with Crippen LogP contribution in [0.2, 0.25) is 0 Å². The van der Waals surface area contributed by atoms with Crippen molar-refractivity contribution in [2.24, 2.45) is 5.92 Å². The van der Waals surface area contributed by atoms with Gasteiger partial charge in [0, 0.05) is 54.9 Å². The van der Waals surface area contributed by atoms with Gasteiger partial charge in [-0.05, 0) is 118 Å². The zero-order chi connectivity index (χ0) is 31.5. The number of aromatic nitrogens is 2. The van der Waals surface area contributed by atoms with Gasteiger partial charge in [0.05, 0.1) is 5.52 Å². The molecule has 2 amide bonds. The zero-order valence-corrected chi connectivity index (χ0v) is 25.7. The number of carbonyl (C=O) groups is 2. The fourth-order valence-corrected chi connectivity index (χ4v) is 6.54. The number of anilines is 1. The number of halogens is 2. The van der Waals surface area contributed by atoms with Gasteiger partial charge in [-0.25, -0.2) is 8.78 Å². The van der Waals surface area contributed by atoms with Crippen molar-refractivity contribution >= 4 is 28.5 Å². The number of hydrogen-bond acceptors (Lipinski definition) is 5. The SMILES string of the molecule is CN(C)C1CCN(C(=O)c2ccc(C(=O)Nc3n[nH]c4ccc(Cc5cc(F)cc(F)c5)cc34)c(CC3CCOCC3)c2)CC1. The second-order valence-electron chi connectivity index (χ2n) is 12.5. The molecule has 0 spiro atoms. The monoisotopic (exact) mass is 615 g/mol. The highest BCUT2D eigenvalue weighted by atomic mass is 19.1. The van der Waals surface area contributed by atoms with Crippen molar-refractivity contribution in [1.82, 2.24) is 20.0 Å². The molecule has 2 aliphatic rings. The first-order valence-corrected chi connectivity index (χ1v) is 15.6. The lowest BCUT2D eigenvalue weighted by Crippen LogP contribution is -2.44. The largest absolute Gasteiger partial charge is 0.381 e. The molecule has 2 saturated heterocycles. The molecule has 0 unspecified atom stereocenters. The molecule has 236 valence electrons. The summed E-state index contributed by atoms with van der Waals surface area (Å²) >= 11 is 0. The summed E-state index contributed by atoms with van der Waals surface area (Å²) in [5, 5.41) is 11.0. The molecule has 6 rings (SSSR count). The van der Waals surface area contributed by atoms with E-state index in [-0.39, 0.29) is 11.8 Å². The van der Waals surface area contributed by atoms with E-state index in [1.54, 1.807) is 12.1 Å². The van der Waals surface area contributed by atoms with Crippen molar-refractivity contribution in [3.63, 3.8) is 0 Å². The van der Waals surface area contributed by atoms with Gasteiger partial charge in [-0.1, -0.05) is 6.07 Å². The molecule has 3 aromatic carbocycles. The summed E-state index contributed by atoms with van der Waals surface area (Å²) in [7, 11) is 4.16. The van der Waals surface area contributed by atoms with Gasteiger partial charge in [-0.15, -0.1) is 0 Å². The van der Waals surface area contributed by atoms with Gasteiger partial charge in [-0.2, -0.15) is 5.10 Å². The number of ether oxygens (including phenoxy) is 1. The van der Waals surface area contributed by atoms with Crippen LogP contribution in [-0.2, 0) is 17.6 Å². The zero-order valence-electron chi connectivity index (χ0n) is 25.7.